The molecule has 0 saturated heterocycles. The first-order chi connectivity index (χ1) is 17.0. The summed E-state index contributed by atoms with van der Waals surface area (Å²) in [5.41, 5.74) is 3.24. The number of sulfonamides is 1. The zero-order chi connectivity index (χ0) is 26.5. The molecule has 1 saturated carbocycles. The zero-order valence-electron chi connectivity index (χ0n) is 21.5. The van der Waals surface area contributed by atoms with E-state index in [1.54, 1.807) is 18.2 Å². The maximum Gasteiger partial charge on any atom is 0.244 e. The summed E-state index contributed by atoms with van der Waals surface area (Å²) in [7, 11) is -3.76. The van der Waals surface area contributed by atoms with Gasteiger partial charge < -0.3 is 10.2 Å². The van der Waals surface area contributed by atoms with Gasteiger partial charge in [0.15, 0.2) is 0 Å². The average molecular weight is 579 g/mol. The van der Waals surface area contributed by atoms with Gasteiger partial charge in [-0.2, -0.15) is 0 Å². The Hall–Kier alpha value is -2.39. The van der Waals surface area contributed by atoms with Crippen LogP contribution >= 0.6 is 15.9 Å². The molecular weight excluding hydrogens is 542 g/mol. The Morgan fingerprint density at radius 2 is 1.72 bits per heavy atom. The number of amides is 2. The van der Waals surface area contributed by atoms with Crippen LogP contribution in [0.4, 0.5) is 5.69 Å². The summed E-state index contributed by atoms with van der Waals surface area (Å²) in [6, 6.07) is 12.4. The number of anilines is 1. The van der Waals surface area contributed by atoms with Crippen molar-refractivity contribution in [1.29, 1.82) is 0 Å². The molecule has 1 atom stereocenters. The van der Waals surface area contributed by atoms with Gasteiger partial charge in [0.2, 0.25) is 21.8 Å². The van der Waals surface area contributed by atoms with Crippen molar-refractivity contribution in [1.82, 2.24) is 10.2 Å². The summed E-state index contributed by atoms with van der Waals surface area (Å²) in [5, 5.41) is 3.12. The smallest absolute Gasteiger partial charge is 0.244 e. The number of benzene rings is 2. The standard InChI is InChI=1S/C27H36BrN3O4S/c1-5-25(27(33)29-22-8-6-7-9-22)30(17-21-12-10-19(2)11-13-21)26(32)18-31(36(4,34)35)23-14-15-24(28)20(3)16-23/h10-16,22,25H,5-9,17-18H2,1-4H3,(H,29,33)/t25-/m0/s1. The molecule has 0 spiro atoms. The fourth-order valence-corrected chi connectivity index (χ4v) is 5.66. The molecule has 2 aromatic rings. The van der Waals surface area contributed by atoms with Gasteiger partial charge in [-0.3, -0.25) is 13.9 Å². The van der Waals surface area contributed by atoms with E-state index >= 15 is 0 Å². The van der Waals surface area contributed by atoms with Crippen LogP contribution in [0.15, 0.2) is 46.9 Å². The van der Waals surface area contributed by atoms with Crippen LogP contribution in [0.3, 0.4) is 0 Å². The van der Waals surface area contributed by atoms with Crippen LogP contribution < -0.4 is 9.62 Å². The molecule has 0 heterocycles. The van der Waals surface area contributed by atoms with Crippen molar-refractivity contribution in [2.45, 2.75) is 71.5 Å². The van der Waals surface area contributed by atoms with Gasteiger partial charge in [-0.25, -0.2) is 8.42 Å². The summed E-state index contributed by atoms with van der Waals surface area (Å²) >= 11 is 3.44. The minimum atomic E-state index is -3.76. The van der Waals surface area contributed by atoms with E-state index in [1.807, 2.05) is 45.0 Å². The molecule has 1 aliphatic carbocycles. The zero-order valence-corrected chi connectivity index (χ0v) is 23.9. The van der Waals surface area contributed by atoms with Crippen molar-refractivity contribution < 1.29 is 18.0 Å². The van der Waals surface area contributed by atoms with Crippen LogP contribution in [0.1, 0.15) is 55.7 Å². The number of carbonyl (C=O) groups excluding carboxylic acids is 2. The Balaban J connectivity index is 1.92. The van der Waals surface area contributed by atoms with E-state index in [9.17, 15) is 18.0 Å². The lowest BCUT2D eigenvalue weighted by molar-refractivity contribution is -0.140. The lowest BCUT2D eigenvalue weighted by Gasteiger charge is -2.33. The third kappa shape index (κ3) is 7.32. The second kappa shape index (κ2) is 12.2. The van der Waals surface area contributed by atoms with E-state index in [4.69, 9.17) is 0 Å². The van der Waals surface area contributed by atoms with Crippen LogP contribution in [0.2, 0.25) is 0 Å². The number of aryl methyl sites for hydroxylation is 2. The highest BCUT2D eigenvalue weighted by atomic mass is 79.9. The second-order valence-electron chi connectivity index (χ2n) is 9.62. The maximum absolute atomic E-state index is 13.8. The Bertz CT molecular complexity index is 1180. The quantitative estimate of drug-likeness (QED) is 0.443. The van der Waals surface area contributed by atoms with Crippen molar-refractivity contribution in [2.75, 3.05) is 17.1 Å². The van der Waals surface area contributed by atoms with Crippen molar-refractivity contribution in [2.24, 2.45) is 0 Å². The van der Waals surface area contributed by atoms with Gasteiger partial charge in [0.25, 0.3) is 0 Å². The van der Waals surface area contributed by atoms with Crippen LogP contribution in [0, 0.1) is 13.8 Å². The summed E-state index contributed by atoms with van der Waals surface area (Å²) in [6.45, 7) is 5.55. The molecule has 1 aliphatic rings. The van der Waals surface area contributed by atoms with E-state index < -0.39 is 22.0 Å². The van der Waals surface area contributed by atoms with Gasteiger partial charge in [0.1, 0.15) is 12.6 Å². The molecule has 36 heavy (non-hydrogen) atoms. The third-order valence-corrected chi connectivity index (χ3v) is 8.70. The van der Waals surface area contributed by atoms with Gasteiger partial charge in [0.05, 0.1) is 11.9 Å². The van der Waals surface area contributed by atoms with E-state index in [0.29, 0.717) is 12.1 Å². The molecule has 0 unspecified atom stereocenters. The molecule has 0 bridgehead atoms. The minimum absolute atomic E-state index is 0.126. The molecule has 2 amide bonds. The topological polar surface area (TPSA) is 86.8 Å². The molecule has 196 valence electrons. The highest BCUT2D eigenvalue weighted by Gasteiger charge is 2.33. The van der Waals surface area contributed by atoms with Gasteiger partial charge in [-0.1, -0.05) is 65.5 Å². The third-order valence-electron chi connectivity index (χ3n) is 6.67. The summed E-state index contributed by atoms with van der Waals surface area (Å²) in [6.07, 6.45) is 5.57. The number of nitrogens with one attached hydrogen (secondary N) is 1. The average Bonchev–Trinajstić information content (AvgIpc) is 3.32. The van der Waals surface area contributed by atoms with E-state index in [1.165, 1.54) is 4.90 Å². The first kappa shape index (κ1) is 28.2. The molecule has 7 nitrogen and oxygen atoms in total. The molecule has 9 heteroatoms. The predicted molar refractivity (Wildman–Crippen MR) is 147 cm³/mol. The van der Waals surface area contributed by atoms with Crippen molar-refractivity contribution >= 4 is 43.5 Å². The predicted octanol–water partition coefficient (Wildman–Crippen LogP) is 4.70. The number of hydrogen-bond acceptors (Lipinski definition) is 4. The van der Waals surface area contributed by atoms with Gasteiger partial charge in [-0.05, 0) is 62.4 Å². The first-order valence-corrected chi connectivity index (χ1v) is 15.0. The number of hydrogen-bond donors (Lipinski definition) is 1. The van der Waals surface area contributed by atoms with E-state index in [0.717, 1.165) is 57.4 Å². The highest BCUT2D eigenvalue weighted by molar-refractivity contribution is 9.10. The largest absolute Gasteiger partial charge is 0.352 e. The number of nitrogens with zero attached hydrogens (tertiary/aromatic N) is 2. The van der Waals surface area contributed by atoms with Crippen molar-refractivity contribution in [3.05, 3.63) is 63.6 Å². The maximum atomic E-state index is 13.8. The van der Waals surface area contributed by atoms with Gasteiger partial charge >= 0.3 is 0 Å². The van der Waals surface area contributed by atoms with Crippen LogP contribution in [0.25, 0.3) is 0 Å². The molecule has 3 rings (SSSR count). The molecule has 2 aromatic carbocycles. The Morgan fingerprint density at radius 3 is 2.28 bits per heavy atom. The van der Waals surface area contributed by atoms with Gasteiger partial charge in [-0.15, -0.1) is 0 Å². The van der Waals surface area contributed by atoms with Crippen molar-refractivity contribution in [3.63, 3.8) is 0 Å². The highest BCUT2D eigenvalue weighted by Crippen LogP contribution is 2.25. The molecule has 1 N–H and O–H groups in total. The SMILES string of the molecule is CC[C@@H](C(=O)NC1CCCC1)N(Cc1ccc(C)cc1)C(=O)CN(c1ccc(Br)c(C)c1)S(C)(=O)=O. The Kier molecular flexibility index (Phi) is 9.58. The van der Waals surface area contributed by atoms with E-state index in [2.05, 4.69) is 21.2 Å². The fraction of sp³-hybridized carbons (Fsp3) is 0.481. The fourth-order valence-electron chi connectivity index (χ4n) is 4.57. The summed E-state index contributed by atoms with van der Waals surface area (Å²) in [5.74, 6) is -0.606. The normalized spacial score (nSPS) is 14.9. The second-order valence-corrected chi connectivity index (χ2v) is 12.4. The van der Waals surface area contributed by atoms with Crippen LogP contribution in [-0.2, 0) is 26.2 Å². The lowest BCUT2D eigenvalue weighted by atomic mass is 10.1. The monoisotopic (exact) mass is 577 g/mol. The number of halogens is 1. The molecule has 0 aliphatic heterocycles. The summed E-state index contributed by atoms with van der Waals surface area (Å²) < 4.78 is 27.5. The van der Waals surface area contributed by atoms with Crippen LogP contribution in [0.5, 0.6) is 0 Å². The Morgan fingerprint density at radius 1 is 1.08 bits per heavy atom. The van der Waals surface area contributed by atoms with E-state index in [-0.39, 0.29) is 25.0 Å². The number of rotatable bonds is 10. The molecular formula is C27H36BrN3O4S. The van der Waals surface area contributed by atoms with Crippen LogP contribution in [-0.4, -0.2) is 50.0 Å². The number of carbonyl (C=O) groups is 2. The lowest BCUT2D eigenvalue weighted by Crippen LogP contribution is -2.53. The minimum Gasteiger partial charge on any atom is -0.352 e. The van der Waals surface area contributed by atoms with Crippen molar-refractivity contribution in [3.8, 4) is 0 Å². The first-order valence-electron chi connectivity index (χ1n) is 12.4. The molecule has 0 radical (unpaired) electrons. The molecule has 0 aromatic heterocycles. The summed E-state index contributed by atoms with van der Waals surface area (Å²) in [4.78, 5) is 28.6. The van der Waals surface area contributed by atoms with Gasteiger partial charge in [0, 0.05) is 17.1 Å². The Labute approximate surface area is 223 Å². The molecule has 1 fully saturated rings.